The third kappa shape index (κ3) is 5.98. The summed E-state index contributed by atoms with van der Waals surface area (Å²) in [5.74, 6) is -0.325. The summed E-state index contributed by atoms with van der Waals surface area (Å²) in [4.78, 5) is 25.0. The van der Waals surface area contributed by atoms with Crippen molar-refractivity contribution in [3.05, 3.63) is 52.6 Å². The molecular weight excluding hydrogens is 451 g/mol. The van der Waals surface area contributed by atoms with E-state index in [-0.39, 0.29) is 12.3 Å². The van der Waals surface area contributed by atoms with Crippen molar-refractivity contribution in [2.75, 3.05) is 6.54 Å². The van der Waals surface area contributed by atoms with E-state index in [0.29, 0.717) is 52.1 Å². The molecule has 1 amide bonds. The highest BCUT2D eigenvalue weighted by atomic mass is 32.2. The van der Waals surface area contributed by atoms with E-state index in [1.165, 1.54) is 17.0 Å². The van der Waals surface area contributed by atoms with Crippen LogP contribution in [0.5, 0.6) is 0 Å². The lowest BCUT2D eigenvalue weighted by Gasteiger charge is -2.13. The van der Waals surface area contributed by atoms with Crippen LogP contribution in [0.1, 0.15) is 37.0 Å². The lowest BCUT2D eigenvalue weighted by Crippen LogP contribution is -2.29. The standard InChI is InChI=1S/C21H18F3NO4S2/c22-21(23,24)14-7-5-13(6-8-14)16-10-9-15(29-16)12-17-19(28)25(20(30)31-17)11-3-1-2-4-18(26)27/h5-10,12H,1-4,11H2,(H,26,27)/b17-12-. The molecule has 1 aromatic carbocycles. The molecule has 2 aromatic rings. The molecule has 1 saturated heterocycles. The predicted octanol–water partition coefficient (Wildman–Crippen LogP) is 5.81. The number of carbonyl (C=O) groups is 2. The summed E-state index contributed by atoms with van der Waals surface area (Å²) >= 11 is 6.41. The smallest absolute Gasteiger partial charge is 0.416 e. The summed E-state index contributed by atoms with van der Waals surface area (Å²) in [5, 5.41) is 8.65. The second kappa shape index (κ2) is 9.69. The number of nitrogens with zero attached hydrogens (tertiary/aromatic N) is 1. The van der Waals surface area contributed by atoms with Crippen LogP contribution in [0.2, 0.25) is 0 Å². The number of thiocarbonyl (C=S) groups is 1. The van der Waals surface area contributed by atoms with Crippen molar-refractivity contribution in [3.63, 3.8) is 0 Å². The molecule has 0 spiro atoms. The van der Waals surface area contributed by atoms with Gasteiger partial charge in [0.1, 0.15) is 15.8 Å². The molecule has 0 saturated carbocycles. The number of furan rings is 1. The fourth-order valence-corrected chi connectivity index (χ4v) is 4.24. The maximum absolute atomic E-state index is 12.7. The largest absolute Gasteiger partial charge is 0.481 e. The zero-order valence-electron chi connectivity index (χ0n) is 16.1. The molecule has 1 aliphatic rings. The second-order valence-corrected chi connectivity index (χ2v) is 8.49. The van der Waals surface area contributed by atoms with Crippen LogP contribution in [0.4, 0.5) is 13.2 Å². The number of hydrogen-bond acceptors (Lipinski definition) is 5. The van der Waals surface area contributed by atoms with Crippen LogP contribution >= 0.6 is 24.0 Å². The van der Waals surface area contributed by atoms with E-state index in [0.717, 1.165) is 23.9 Å². The maximum Gasteiger partial charge on any atom is 0.416 e. The number of unbranched alkanes of at least 4 members (excludes halogenated alkanes) is 2. The predicted molar refractivity (Wildman–Crippen MR) is 115 cm³/mol. The number of aliphatic carboxylic acids is 1. The van der Waals surface area contributed by atoms with Crippen molar-refractivity contribution < 1.29 is 32.3 Å². The Bertz CT molecular complexity index is 1010. The molecule has 1 aliphatic heterocycles. The van der Waals surface area contributed by atoms with Gasteiger partial charge >= 0.3 is 12.1 Å². The fourth-order valence-electron chi connectivity index (χ4n) is 2.95. The van der Waals surface area contributed by atoms with Crippen LogP contribution < -0.4 is 0 Å². The van der Waals surface area contributed by atoms with Crippen molar-refractivity contribution in [1.29, 1.82) is 0 Å². The highest BCUT2D eigenvalue weighted by Crippen LogP contribution is 2.35. The molecule has 3 rings (SSSR count). The molecule has 2 heterocycles. The van der Waals surface area contributed by atoms with Crippen molar-refractivity contribution in [2.45, 2.75) is 31.9 Å². The summed E-state index contributed by atoms with van der Waals surface area (Å²) in [5.41, 5.74) is -0.253. The summed E-state index contributed by atoms with van der Waals surface area (Å²) < 4.78 is 44.2. The highest BCUT2D eigenvalue weighted by molar-refractivity contribution is 8.26. The third-order valence-corrected chi connectivity index (χ3v) is 5.92. The second-order valence-electron chi connectivity index (χ2n) is 6.81. The number of carbonyl (C=O) groups excluding carboxylic acids is 1. The number of halogens is 3. The molecule has 10 heteroatoms. The van der Waals surface area contributed by atoms with Gasteiger partial charge in [0.15, 0.2) is 0 Å². The van der Waals surface area contributed by atoms with Gasteiger partial charge in [-0.25, -0.2) is 0 Å². The first-order valence-electron chi connectivity index (χ1n) is 9.40. The van der Waals surface area contributed by atoms with Gasteiger partial charge in [-0.2, -0.15) is 13.2 Å². The minimum Gasteiger partial charge on any atom is -0.481 e. The van der Waals surface area contributed by atoms with Crippen molar-refractivity contribution in [3.8, 4) is 11.3 Å². The number of hydrogen-bond donors (Lipinski definition) is 1. The van der Waals surface area contributed by atoms with Crippen molar-refractivity contribution >= 4 is 46.3 Å². The molecule has 1 N–H and O–H groups in total. The Morgan fingerprint density at radius 3 is 2.48 bits per heavy atom. The van der Waals surface area contributed by atoms with Gasteiger partial charge in [-0.05, 0) is 37.1 Å². The fraction of sp³-hybridized carbons (Fsp3) is 0.286. The van der Waals surface area contributed by atoms with Crippen molar-refractivity contribution in [1.82, 2.24) is 4.90 Å². The number of carboxylic acid groups (broad SMARTS) is 1. The van der Waals surface area contributed by atoms with Crippen LogP contribution in [-0.4, -0.2) is 32.7 Å². The minimum atomic E-state index is -4.40. The maximum atomic E-state index is 12.7. The molecule has 0 aliphatic carbocycles. The SMILES string of the molecule is O=C(O)CCCCCN1C(=O)/C(=C/c2ccc(-c3ccc(C(F)(F)F)cc3)o2)SC1=S. The minimum absolute atomic E-state index is 0.0953. The first-order valence-corrected chi connectivity index (χ1v) is 10.6. The van der Waals surface area contributed by atoms with Crippen LogP contribution in [0.15, 0.2) is 45.7 Å². The quantitative estimate of drug-likeness (QED) is 0.299. The number of benzene rings is 1. The van der Waals surface area contributed by atoms with Gasteiger partial charge in [0.25, 0.3) is 5.91 Å². The molecule has 5 nitrogen and oxygen atoms in total. The highest BCUT2D eigenvalue weighted by Gasteiger charge is 2.32. The zero-order chi connectivity index (χ0) is 22.6. The average molecular weight is 470 g/mol. The molecule has 31 heavy (non-hydrogen) atoms. The first-order chi connectivity index (χ1) is 14.6. The number of rotatable bonds is 8. The van der Waals surface area contributed by atoms with E-state index in [9.17, 15) is 22.8 Å². The van der Waals surface area contributed by atoms with Crippen molar-refractivity contribution in [2.24, 2.45) is 0 Å². The lowest BCUT2D eigenvalue weighted by atomic mass is 10.1. The van der Waals surface area contributed by atoms with Gasteiger partial charge in [-0.1, -0.05) is 42.5 Å². The summed E-state index contributed by atoms with van der Waals surface area (Å²) in [6, 6.07) is 7.88. The summed E-state index contributed by atoms with van der Waals surface area (Å²) in [6.07, 6.45) is -0.894. The van der Waals surface area contributed by atoms with Gasteiger partial charge in [-0.3, -0.25) is 14.5 Å². The van der Waals surface area contributed by atoms with Crippen LogP contribution in [-0.2, 0) is 15.8 Å². The Kier molecular flexibility index (Phi) is 7.22. The monoisotopic (exact) mass is 469 g/mol. The van der Waals surface area contributed by atoms with E-state index in [1.54, 1.807) is 18.2 Å². The molecule has 0 bridgehead atoms. The Labute approximate surface area is 185 Å². The Morgan fingerprint density at radius 2 is 1.84 bits per heavy atom. The molecule has 1 aromatic heterocycles. The topological polar surface area (TPSA) is 70.8 Å². The molecule has 0 radical (unpaired) electrons. The van der Waals surface area contributed by atoms with Gasteiger partial charge in [0.05, 0.1) is 10.5 Å². The molecule has 1 fully saturated rings. The Morgan fingerprint density at radius 1 is 1.13 bits per heavy atom. The Hall–Kier alpha value is -2.59. The number of alkyl halides is 3. The molecule has 0 atom stereocenters. The zero-order valence-corrected chi connectivity index (χ0v) is 17.8. The molecular formula is C21H18F3NO4S2. The summed E-state index contributed by atoms with van der Waals surface area (Å²) in [7, 11) is 0. The lowest BCUT2D eigenvalue weighted by molar-refractivity contribution is -0.138. The Balaban J connectivity index is 1.63. The number of carboxylic acids is 1. The van der Waals surface area contributed by atoms with E-state index in [1.807, 2.05) is 0 Å². The van der Waals surface area contributed by atoms with Crippen LogP contribution in [0.3, 0.4) is 0 Å². The van der Waals surface area contributed by atoms with Gasteiger partial charge in [-0.15, -0.1) is 0 Å². The van der Waals surface area contributed by atoms with Gasteiger partial charge < -0.3 is 9.52 Å². The van der Waals surface area contributed by atoms with E-state index < -0.39 is 17.7 Å². The number of thioether (sulfide) groups is 1. The molecule has 0 unspecified atom stereocenters. The average Bonchev–Trinajstić information content (AvgIpc) is 3.27. The summed E-state index contributed by atoms with van der Waals surface area (Å²) in [6.45, 7) is 0.413. The first kappa shape index (κ1) is 23.1. The van der Waals surface area contributed by atoms with Crippen LogP contribution in [0.25, 0.3) is 17.4 Å². The van der Waals surface area contributed by atoms with E-state index in [4.69, 9.17) is 21.7 Å². The van der Waals surface area contributed by atoms with E-state index >= 15 is 0 Å². The van der Waals surface area contributed by atoms with Gasteiger partial charge in [0, 0.05) is 24.6 Å². The number of amides is 1. The molecule has 164 valence electrons. The van der Waals surface area contributed by atoms with Gasteiger partial charge in [0.2, 0.25) is 0 Å². The van der Waals surface area contributed by atoms with E-state index in [2.05, 4.69) is 0 Å². The third-order valence-electron chi connectivity index (χ3n) is 4.54. The van der Waals surface area contributed by atoms with Crippen LogP contribution in [0, 0.1) is 0 Å². The normalized spacial score (nSPS) is 15.8.